The maximum Gasteiger partial charge on any atom is 0.302 e. The average molecular weight is 308 g/mol. The topological polar surface area (TPSA) is 53.4 Å². The van der Waals surface area contributed by atoms with Gasteiger partial charge in [-0.15, -0.1) is 0 Å². The Morgan fingerprint density at radius 1 is 1.26 bits per heavy atom. The minimum absolute atomic E-state index is 0.218. The van der Waals surface area contributed by atoms with Crippen LogP contribution >= 0.6 is 0 Å². The Balaban J connectivity index is 1.85. The number of hydrogen-bond acceptors (Lipinski definition) is 4. The van der Waals surface area contributed by atoms with Crippen molar-refractivity contribution in [1.82, 2.24) is 9.55 Å². The number of rotatable bonds is 2. The SMILES string of the molecule is CC(=O)OCC1Cn2c(nc3ccccc32)-c2ccccc2O1. The number of aromatic nitrogens is 2. The molecule has 1 aliphatic heterocycles. The standard InChI is InChI=1S/C18H16N2O3/c1-12(21)22-11-13-10-20-16-8-4-3-7-15(16)19-18(20)14-6-2-5-9-17(14)23-13/h2-9,13H,10-11H2,1H3. The van der Waals surface area contributed by atoms with Crippen LogP contribution in [-0.4, -0.2) is 28.2 Å². The molecule has 2 aromatic carbocycles. The molecule has 4 rings (SSSR count). The highest BCUT2D eigenvalue weighted by atomic mass is 16.6. The first-order valence-electron chi connectivity index (χ1n) is 7.57. The maximum atomic E-state index is 11.1. The van der Waals surface area contributed by atoms with E-state index in [0.717, 1.165) is 28.2 Å². The number of ether oxygens (including phenoxy) is 2. The van der Waals surface area contributed by atoms with Crippen LogP contribution in [0.1, 0.15) is 6.92 Å². The third-order valence-corrected chi connectivity index (χ3v) is 3.93. The minimum atomic E-state index is -0.304. The second-order valence-corrected chi connectivity index (χ2v) is 5.57. The number of carbonyl (C=O) groups excluding carboxylic acids is 1. The molecule has 0 N–H and O–H groups in total. The van der Waals surface area contributed by atoms with Gasteiger partial charge in [0, 0.05) is 6.92 Å². The van der Waals surface area contributed by atoms with Crippen LogP contribution < -0.4 is 4.74 Å². The number of hydrogen-bond donors (Lipinski definition) is 0. The zero-order chi connectivity index (χ0) is 15.8. The highest BCUT2D eigenvalue weighted by molar-refractivity contribution is 5.82. The summed E-state index contributed by atoms with van der Waals surface area (Å²) in [6.45, 7) is 2.20. The van der Waals surface area contributed by atoms with Gasteiger partial charge >= 0.3 is 5.97 Å². The third kappa shape index (κ3) is 2.44. The lowest BCUT2D eigenvalue weighted by Gasteiger charge is -2.17. The van der Waals surface area contributed by atoms with E-state index in [1.54, 1.807) is 0 Å². The Kier molecular flexibility index (Phi) is 3.26. The number of benzene rings is 2. The molecule has 1 aromatic heterocycles. The Labute approximate surface area is 133 Å². The number of para-hydroxylation sites is 3. The van der Waals surface area contributed by atoms with E-state index in [2.05, 4.69) is 4.57 Å². The molecule has 0 aliphatic carbocycles. The van der Waals surface area contributed by atoms with Crippen molar-refractivity contribution in [3.63, 3.8) is 0 Å². The Hall–Kier alpha value is -2.82. The number of imidazole rings is 1. The summed E-state index contributed by atoms with van der Waals surface area (Å²) in [4.78, 5) is 15.9. The minimum Gasteiger partial charge on any atom is -0.484 e. The van der Waals surface area contributed by atoms with Crippen LogP contribution in [0.2, 0.25) is 0 Å². The summed E-state index contributed by atoms with van der Waals surface area (Å²) < 4.78 is 13.4. The predicted molar refractivity (Wildman–Crippen MR) is 86.2 cm³/mol. The van der Waals surface area contributed by atoms with Crippen molar-refractivity contribution in [3.8, 4) is 17.1 Å². The highest BCUT2D eigenvalue weighted by Crippen LogP contribution is 2.35. The zero-order valence-corrected chi connectivity index (χ0v) is 12.7. The molecule has 0 fully saturated rings. The van der Waals surface area contributed by atoms with Gasteiger partial charge in [0.05, 0.1) is 23.1 Å². The molecule has 5 nitrogen and oxygen atoms in total. The van der Waals surface area contributed by atoms with E-state index in [1.165, 1.54) is 6.92 Å². The Morgan fingerprint density at radius 3 is 2.91 bits per heavy atom. The molecule has 0 spiro atoms. The summed E-state index contributed by atoms with van der Waals surface area (Å²) >= 11 is 0. The lowest BCUT2D eigenvalue weighted by molar-refractivity contribution is -0.143. The largest absolute Gasteiger partial charge is 0.484 e. The first kappa shape index (κ1) is 13.8. The lowest BCUT2D eigenvalue weighted by Crippen LogP contribution is -2.28. The summed E-state index contributed by atoms with van der Waals surface area (Å²) in [6, 6.07) is 15.8. The Morgan fingerprint density at radius 2 is 2.04 bits per heavy atom. The van der Waals surface area contributed by atoms with E-state index < -0.39 is 0 Å². The smallest absolute Gasteiger partial charge is 0.302 e. The fourth-order valence-electron chi connectivity index (χ4n) is 2.94. The van der Waals surface area contributed by atoms with Gasteiger partial charge in [-0.05, 0) is 24.3 Å². The summed E-state index contributed by atoms with van der Waals surface area (Å²) in [7, 11) is 0. The molecule has 1 atom stereocenters. The molecule has 0 amide bonds. The van der Waals surface area contributed by atoms with E-state index in [4.69, 9.17) is 14.5 Å². The first-order valence-corrected chi connectivity index (χ1v) is 7.57. The molecule has 2 heterocycles. The van der Waals surface area contributed by atoms with Crippen molar-refractivity contribution in [1.29, 1.82) is 0 Å². The van der Waals surface area contributed by atoms with Gasteiger partial charge in [-0.1, -0.05) is 24.3 Å². The summed E-state index contributed by atoms with van der Waals surface area (Å²) in [5.41, 5.74) is 2.95. The van der Waals surface area contributed by atoms with Crippen LogP contribution in [0.5, 0.6) is 5.75 Å². The van der Waals surface area contributed by atoms with Gasteiger partial charge < -0.3 is 14.0 Å². The van der Waals surface area contributed by atoms with E-state index in [1.807, 2.05) is 48.5 Å². The summed E-state index contributed by atoms with van der Waals surface area (Å²) in [5.74, 6) is 1.34. The number of carbonyl (C=O) groups is 1. The number of nitrogens with zero attached hydrogens (tertiary/aromatic N) is 2. The Bertz CT molecular complexity index is 885. The first-order chi connectivity index (χ1) is 11.2. The van der Waals surface area contributed by atoms with Crippen molar-refractivity contribution >= 4 is 17.0 Å². The maximum absolute atomic E-state index is 11.1. The van der Waals surface area contributed by atoms with Crippen LogP contribution in [0.4, 0.5) is 0 Å². The van der Waals surface area contributed by atoms with Crippen molar-refractivity contribution in [2.24, 2.45) is 0 Å². The summed E-state index contributed by atoms with van der Waals surface area (Å²) in [5, 5.41) is 0. The quantitative estimate of drug-likeness (QED) is 0.683. The molecular weight excluding hydrogens is 292 g/mol. The van der Waals surface area contributed by atoms with Crippen LogP contribution in [0.15, 0.2) is 48.5 Å². The molecule has 0 saturated heterocycles. The van der Waals surface area contributed by atoms with Gasteiger partial charge in [0.25, 0.3) is 0 Å². The molecule has 1 unspecified atom stereocenters. The van der Waals surface area contributed by atoms with Crippen LogP contribution in [0.25, 0.3) is 22.4 Å². The molecule has 0 saturated carbocycles. The molecular formula is C18H16N2O3. The highest BCUT2D eigenvalue weighted by Gasteiger charge is 2.25. The lowest BCUT2D eigenvalue weighted by atomic mass is 10.2. The van der Waals surface area contributed by atoms with Gasteiger partial charge in [0.15, 0.2) is 6.10 Å². The second-order valence-electron chi connectivity index (χ2n) is 5.57. The molecule has 23 heavy (non-hydrogen) atoms. The molecule has 0 radical (unpaired) electrons. The van der Waals surface area contributed by atoms with Crippen molar-refractivity contribution in [2.45, 2.75) is 19.6 Å². The number of esters is 1. The fourth-order valence-corrected chi connectivity index (χ4v) is 2.94. The molecule has 0 bridgehead atoms. The van der Waals surface area contributed by atoms with Gasteiger partial charge in [-0.3, -0.25) is 4.79 Å². The fraction of sp³-hybridized carbons (Fsp3) is 0.222. The van der Waals surface area contributed by atoms with Crippen LogP contribution in [0.3, 0.4) is 0 Å². The van der Waals surface area contributed by atoms with Crippen LogP contribution in [-0.2, 0) is 16.1 Å². The third-order valence-electron chi connectivity index (χ3n) is 3.93. The molecule has 3 aromatic rings. The zero-order valence-electron chi connectivity index (χ0n) is 12.7. The van der Waals surface area contributed by atoms with E-state index in [-0.39, 0.29) is 18.7 Å². The van der Waals surface area contributed by atoms with Crippen LogP contribution in [0, 0.1) is 0 Å². The van der Waals surface area contributed by atoms with Gasteiger partial charge in [0.1, 0.15) is 18.2 Å². The monoisotopic (exact) mass is 308 g/mol. The van der Waals surface area contributed by atoms with Gasteiger partial charge in [0.2, 0.25) is 0 Å². The normalized spacial score (nSPS) is 16.1. The molecule has 116 valence electrons. The van der Waals surface area contributed by atoms with Gasteiger partial charge in [-0.2, -0.15) is 0 Å². The van der Waals surface area contributed by atoms with Crippen molar-refractivity contribution in [2.75, 3.05) is 6.61 Å². The van der Waals surface area contributed by atoms with E-state index in [9.17, 15) is 4.79 Å². The molecule has 1 aliphatic rings. The van der Waals surface area contributed by atoms with E-state index in [0.29, 0.717) is 6.54 Å². The van der Waals surface area contributed by atoms with Gasteiger partial charge in [-0.25, -0.2) is 4.98 Å². The average Bonchev–Trinajstić information content (AvgIpc) is 2.83. The summed E-state index contributed by atoms with van der Waals surface area (Å²) in [6.07, 6.45) is -0.251. The number of fused-ring (bicyclic) bond motifs is 5. The predicted octanol–water partition coefficient (Wildman–Crippen LogP) is 3.03. The van der Waals surface area contributed by atoms with Crippen molar-refractivity contribution < 1.29 is 14.3 Å². The second kappa shape index (κ2) is 5.43. The van der Waals surface area contributed by atoms with E-state index >= 15 is 0 Å². The molecule has 5 heteroatoms. The van der Waals surface area contributed by atoms with Crippen molar-refractivity contribution in [3.05, 3.63) is 48.5 Å².